The highest BCUT2D eigenvalue weighted by Crippen LogP contribution is 2.25. The molecule has 1 aliphatic rings. The predicted molar refractivity (Wildman–Crippen MR) is 70.1 cm³/mol. The molecular weight excluding hydrogens is 228 g/mol. The van der Waals surface area contributed by atoms with Crippen molar-refractivity contribution in [1.29, 1.82) is 0 Å². The highest BCUT2D eigenvalue weighted by molar-refractivity contribution is 5.94. The van der Waals surface area contributed by atoms with Gasteiger partial charge in [0.1, 0.15) is 12.0 Å². The van der Waals surface area contributed by atoms with E-state index in [0.717, 1.165) is 31.8 Å². The van der Waals surface area contributed by atoms with E-state index in [1.54, 1.807) is 6.07 Å². The van der Waals surface area contributed by atoms with Crippen molar-refractivity contribution in [3.05, 3.63) is 23.7 Å². The SMILES string of the molecule is CC(C)C1CCN(C(=O)c2coc(CN)c2)CC1. The lowest BCUT2D eigenvalue weighted by atomic mass is 9.86. The maximum atomic E-state index is 12.2. The van der Waals surface area contributed by atoms with Gasteiger partial charge in [0, 0.05) is 13.1 Å². The number of nitrogens with two attached hydrogens (primary N) is 1. The van der Waals surface area contributed by atoms with Crippen LogP contribution in [0.15, 0.2) is 16.7 Å². The molecule has 1 amide bonds. The first-order chi connectivity index (χ1) is 8.61. The Bertz CT molecular complexity index is 404. The molecule has 2 N–H and O–H groups in total. The molecule has 4 nitrogen and oxygen atoms in total. The third-order valence-corrected chi connectivity index (χ3v) is 3.87. The number of likely N-dealkylation sites (tertiary alicyclic amines) is 1. The van der Waals surface area contributed by atoms with E-state index in [-0.39, 0.29) is 5.91 Å². The second-order valence-corrected chi connectivity index (χ2v) is 5.38. The summed E-state index contributed by atoms with van der Waals surface area (Å²) in [5, 5.41) is 0. The molecule has 0 aliphatic carbocycles. The number of carbonyl (C=O) groups is 1. The maximum absolute atomic E-state index is 12.2. The minimum Gasteiger partial charge on any atom is -0.467 e. The molecule has 4 heteroatoms. The van der Waals surface area contributed by atoms with Crippen LogP contribution in [0.1, 0.15) is 42.8 Å². The van der Waals surface area contributed by atoms with Gasteiger partial charge in [-0.2, -0.15) is 0 Å². The lowest BCUT2D eigenvalue weighted by Gasteiger charge is -2.33. The highest BCUT2D eigenvalue weighted by atomic mass is 16.3. The van der Waals surface area contributed by atoms with E-state index in [2.05, 4.69) is 13.8 Å². The Labute approximate surface area is 108 Å². The molecule has 1 saturated heterocycles. The smallest absolute Gasteiger partial charge is 0.257 e. The van der Waals surface area contributed by atoms with Crippen molar-refractivity contribution in [1.82, 2.24) is 4.90 Å². The lowest BCUT2D eigenvalue weighted by molar-refractivity contribution is 0.0667. The van der Waals surface area contributed by atoms with Gasteiger partial charge in [-0.1, -0.05) is 13.8 Å². The van der Waals surface area contributed by atoms with Crippen LogP contribution >= 0.6 is 0 Å². The number of carbonyl (C=O) groups excluding carboxylic acids is 1. The Hall–Kier alpha value is -1.29. The molecule has 0 aromatic carbocycles. The Morgan fingerprint density at radius 3 is 2.67 bits per heavy atom. The van der Waals surface area contributed by atoms with E-state index in [4.69, 9.17) is 10.2 Å². The zero-order chi connectivity index (χ0) is 13.1. The van der Waals surface area contributed by atoms with Crippen LogP contribution in [0.4, 0.5) is 0 Å². The Kier molecular flexibility index (Phi) is 4.07. The average Bonchev–Trinajstić information content (AvgIpc) is 2.86. The van der Waals surface area contributed by atoms with Gasteiger partial charge in [-0.25, -0.2) is 0 Å². The number of hydrogen-bond acceptors (Lipinski definition) is 3. The van der Waals surface area contributed by atoms with Crippen molar-refractivity contribution in [3.63, 3.8) is 0 Å². The normalized spacial score (nSPS) is 17.4. The van der Waals surface area contributed by atoms with E-state index in [0.29, 0.717) is 23.8 Å². The number of amides is 1. The fraction of sp³-hybridized carbons (Fsp3) is 0.643. The molecule has 0 saturated carbocycles. The second-order valence-electron chi connectivity index (χ2n) is 5.38. The fourth-order valence-electron chi connectivity index (χ4n) is 2.55. The quantitative estimate of drug-likeness (QED) is 0.895. The predicted octanol–water partition coefficient (Wildman–Crippen LogP) is 2.25. The van der Waals surface area contributed by atoms with Gasteiger partial charge in [0.15, 0.2) is 0 Å². The van der Waals surface area contributed by atoms with Gasteiger partial charge in [0.2, 0.25) is 0 Å². The zero-order valence-corrected chi connectivity index (χ0v) is 11.2. The Morgan fingerprint density at radius 2 is 2.17 bits per heavy atom. The first-order valence-corrected chi connectivity index (χ1v) is 6.68. The molecule has 2 rings (SSSR count). The summed E-state index contributed by atoms with van der Waals surface area (Å²) in [6.45, 7) is 6.55. The molecule has 2 heterocycles. The lowest BCUT2D eigenvalue weighted by Crippen LogP contribution is -2.39. The van der Waals surface area contributed by atoms with Crippen LogP contribution < -0.4 is 5.73 Å². The minimum atomic E-state index is 0.0701. The van der Waals surface area contributed by atoms with Gasteiger partial charge in [0.25, 0.3) is 5.91 Å². The summed E-state index contributed by atoms with van der Waals surface area (Å²) >= 11 is 0. The molecular formula is C14H22N2O2. The number of piperidine rings is 1. The van der Waals surface area contributed by atoms with E-state index in [1.165, 1.54) is 6.26 Å². The van der Waals surface area contributed by atoms with Crippen molar-refractivity contribution in [2.75, 3.05) is 13.1 Å². The van der Waals surface area contributed by atoms with Crippen LogP contribution in [0.3, 0.4) is 0 Å². The van der Waals surface area contributed by atoms with Crippen molar-refractivity contribution in [3.8, 4) is 0 Å². The minimum absolute atomic E-state index is 0.0701. The second kappa shape index (κ2) is 5.57. The molecule has 1 fully saturated rings. The van der Waals surface area contributed by atoms with E-state index in [1.807, 2.05) is 4.90 Å². The fourth-order valence-corrected chi connectivity index (χ4v) is 2.55. The molecule has 0 unspecified atom stereocenters. The molecule has 1 aliphatic heterocycles. The summed E-state index contributed by atoms with van der Waals surface area (Å²) in [5.74, 6) is 2.19. The number of nitrogens with zero attached hydrogens (tertiary/aromatic N) is 1. The molecule has 18 heavy (non-hydrogen) atoms. The molecule has 0 spiro atoms. The number of hydrogen-bond donors (Lipinski definition) is 1. The van der Waals surface area contributed by atoms with Crippen molar-refractivity contribution < 1.29 is 9.21 Å². The summed E-state index contributed by atoms with van der Waals surface area (Å²) in [6.07, 6.45) is 3.72. The Balaban J connectivity index is 1.95. The van der Waals surface area contributed by atoms with Crippen LogP contribution in [0, 0.1) is 11.8 Å². The van der Waals surface area contributed by atoms with Crippen LogP contribution in [0.5, 0.6) is 0 Å². The zero-order valence-electron chi connectivity index (χ0n) is 11.2. The molecule has 0 atom stereocenters. The Morgan fingerprint density at radius 1 is 1.50 bits per heavy atom. The van der Waals surface area contributed by atoms with E-state index in [9.17, 15) is 4.79 Å². The summed E-state index contributed by atoms with van der Waals surface area (Å²) in [7, 11) is 0. The van der Waals surface area contributed by atoms with Crippen LogP contribution in [0.25, 0.3) is 0 Å². The van der Waals surface area contributed by atoms with E-state index >= 15 is 0 Å². The topological polar surface area (TPSA) is 59.5 Å². The molecule has 100 valence electrons. The van der Waals surface area contributed by atoms with Gasteiger partial charge in [-0.05, 0) is 30.7 Å². The van der Waals surface area contributed by atoms with Crippen LogP contribution in [0.2, 0.25) is 0 Å². The monoisotopic (exact) mass is 250 g/mol. The number of furan rings is 1. The molecule has 0 radical (unpaired) electrons. The molecule has 0 bridgehead atoms. The third kappa shape index (κ3) is 2.75. The van der Waals surface area contributed by atoms with Gasteiger partial charge in [0.05, 0.1) is 12.1 Å². The standard InChI is InChI=1S/C14H22N2O2/c1-10(2)11-3-5-16(6-4-11)14(17)12-7-13(8-15)18-9-12/h7,9-11H,3-6,8,15H2,1-2H3. The van der Waals surface area contributed by atoms with Crippen molar-refractivity contribution >= 4 is 5.91 Å². The largest absolute Gasteiger partial charge is 0.467 e. The highest BCUT2D eigenvalue weighted by Gasteiger charge is 2.25. The van der Waals surface area contributed by atoms with Crippen molar-refractivity contribution in [2.45, 2.75) is 33.2 Å². The van der Waals surface area contributed by atoms with Crippen LogP contribution in [-0.4, -0.2) is 23.9 Å². The third-order valence-electron chi connectivity index (χ3n) is 3.87. The first kappa shape index (κ1) is 13.1. The molecule has 1 aromatic heterocycles. The van der Waals surface area contributed by atoms with Gasteiger partial charge < -0.3 is 15.1 Å². The summed E-state index contributed by atoms with van der Waals surface area (Å²) in [5.41, 5.74) is 6.10. The summed E-state index contributed by atoms with van der Waals surface area (Å²) < 4.78 is 5.21. The van der Waals surface area contributed by atoms with Gasteiger partial charge in [-0.15, -0.1) is 0 Å². The summed E-state index contributed by atoms with van der Waals surface area (Å²) in [4.78, 5) is 14.2. The first-order valence-electron chi connectivity index (χ1n) is 6.68. The van der Waals surface area contributed by atoms with Crippen LogP contribution in [-0.2, 0) is 6.54 Å². The van der Waals surface area contributed by atoms with E-state index < -0.39 is 0 Å². The molecule has 1 aromatic rings. The summed E-state index contributed by atoms with van der Waals surface area (Å²) in [6, 6.07) is 1.75. The van der Waals surface area contributed by atoms with Gasteiger partial charge >= 0.3 is 0 Å². The van der Waals surface area contributed by atoms with Crippen molar-refractivity contribution in [2.24, 2.45) is 17.6 Å². The van der Waals surface area contributed by atoms with Gasteiger partial charge in [-0.3, -0.25) is 4.79 Å². The maximum Gasteiger partial charge on any atom is 0.257 e. The number of rotatable bonds is 3. The average molecular weight is 250 g/mol.